The molecular formula is C24H20F7NO. The van der Waals surface area contributed by atoms with Crippen LogP contribution in [0.3, 0.4) is 0 Å². The minimum atomic E-state index is -6.39. The van der Waals surface area contributed by atoms with Crippen LogP contribution in [0, 0.1) is 13.8 Å². The molecule has 3 rings (SSSR count). The monoisotopic (exact) mass is 471 g/mol. The third-order valence-electron chi connectivity index (χ3n) is 4.80. The summed E-state index contributed by atoms with van der Waals surface area (Å²) >= 11 is 0. The van der Waals surface area contributed by atoms with Gasteiger partial charge in [-0.1, -0.05) is 30.3 Å². The molecule has 0 saturated carbocycles. The number of halogens is 7. The first-order valence-corrected chi connectivity index (χ1v) is 9.81. The highest BCUT2D eigenvalue weighted by atomic mass is 19.4. The standard InChI is InChI=1S/C24H20F7NO/c1-15-9-16(2)11-21(10-15)33-20-8-4-7-19(13-20)32-14-17-5-3-6-18(12-17)22(25,26)23(27,28)24(29,30)31/h3-13,32H,14H2,1-2H3. The van der Waals surface area contributed by atoms with Gasteiger partial charge in [0.1, 0.15) is 11.5 Å². The summed E-state index contributed by atoms with van der Waals surface area (Å²) in [5.74, 6) is -10.5. The van der Waals surface area contributed by atoms with Gasteiger partial charge in [0.2, 0.25) is 0 Å². The van der Waals surface area contributed by atoms with Crippen molar-refractivity contribution < 1.29 is 35.5 Å². The number of benzene rings is 3. The average Bonchev–Trinajstić information content (AvgIpc) is 2.71. The minimum Gasteiger partial charge on any atom is -0.457 e. The lowest BCUT2D eigenvalue weighted by Gasteiger charge is -2.28. The molecule has 0 atom stereocenters. The molecule has 1 N–H and O–H groups in total. The Morgan fingerprint density at radius 3 is 2.00 bits per heavy atom. The molecule has 3 aromatic carbocycles. The van der Waals surface area contributed by atoms with Crippen LogP contribution in [0.2, 0.25) is 0 Å². The van der Waals surface area contributed by atoms with E-state index in [1.807, 2.05) is 32.0 Å². The number of aryl methyl sites for hydroxylation is 2. The van der Waals surface area contributed by atoms with Crippen LogP contribution >= 0.6 is 0 Å². The highest BCUT2D eigenvalue weighted by molar-refractivity contribution is 5.50. The van der Waals surface area contributed by atoms with Crippen molar-refractivity contribution in [2.24, 2.45) is 0 Å². The zero-order valence-electron chi connectivity index (χ0n) is 17.6. The normalized spacial score (nSPS) is 12.5. The summed E-state index contributed by atoms with van der Waals surface area (Å²) in [5.41, 5.74) is 1.26. The molecule has 3 aromatic rings. The van der Waals surface area contributed by atoms with E-state index in [1.54, 1.807) is 24.3 Å². The molecule has 176 valence electrons. The van der Waals surface area contributed by atoms with E-state index in [9.17, 15) is 30.7 Å². The van der Waals surface area contributed by atoms with Crippen LogP contribution in [0.15, 0.2) is 66.7 Å². The van der Waals surface area contributed by atoms with Crippen LogP contribution in [0.1, 0.15) is 22.3 Å². The number of rotatable bonds is 7. The van der Waals surface area contributed by atoms with Crippen molar-refractivity contribution >= 4 is 5.69 Å². The molecule has 0 aliphatic heterocycles. The van der Waals surface area contributed by atoms with Gasteiger partial charge in [-0.25, -0.2) is 0 Å². The van der Waals surface area contributed by atoms with E-state index in [-0.39, 0.29) is 12.1 Å². The Hall–Kier alpha value is -3.23. The Balaban J connectivity index is 1.74. The number of hydrogen-bond donors (Lipinski definition) is 1. The third-order valence-corrected chi connectivity index (χ3v) is 4.80. The summed E-state index contributed by atoms with van der Waals surface area (Å²) in [4.78, 5) is 0. The van der Waals surface area contributed by atoms with E-state index >= 15 is 0 Å². The SMILES string of the molecule is Cc1cc(C)cc(Oc2cccc(NCc3cccc(C(F)(F)C(F)(F)C(F)(F)F)c3)c2)c1. The van der Waals surface area contributed by atoms with E-state index in [1.165, 1.54) is 6.07 Å². The van der Waals surface area contributed by atoms with Crippen molar-refractivity contribution in [1.29, 1.82) is 0 Å². The van der Waals surface area contributed by atoms with Crippen molar-refractivity contribution in [2.75, 3.05) is 5.32 Å². The molecule has 0 aliphatic carbocycles. The number of ether oxygens (including phenoxy) is 1. The maximum atomic E-state index is 14.0. The van der Waals surface area contributed by atoms with E-state index in [4.69, 9.17) is 4.74 Å². The van der Waals surface area contributed by atoms with E-state index in [0.29, 0.717) is 29.3 Å². The predicted molar refractivity (Wildman–Crippen MR) is 111 cm³/mol. The van der Waals surface area contributed by atoms with Crippen LogP contribution in [-0.4, -0.2) is 12.1 Å². The van der Waals surface area contributed by atoms with Crippen molar-refractivity contribution in [3.05, 3.63) is 89.0 Å². The van der Waals surface area contributed by atoms with Gasteiger partial charge in [-0.3, -0.25) is 0 Å². The molecule has 0 heterocycles. The van der Waals surface area contributed by atoms with Gasteiger partial charge in [-0.05, 0) is 60.9 Å². The van der Waals surface area contributed by atoms with Crippen molar-refractivity contribution in [3.8, 4) is 11.5 Å². The van der Waals surface area contributed by atoms with E-state index < -0.39 is 23.6 Å². The highest BCUT2D eigenvalue weighted by Gasteiger charge is 2.73. The summed E-state index contributed by atoms with van der Waals surface area (Å²) in [7, 11) is 0. The maximum Gasteiger partial charge on any atom is 0.460 e. The van der Waals surface area contributed by atoms with Gasteiger partial charge >= 0.3 is 18.0 Å². The molecule has 33 heavy (non-hydrogen) atoms. The molecule has 9 heteroatoms. The maximum absolute atomic E-state index is 14.0. The first-order chi connectivity index (χ1) is 15.3. The van der Waals surface area contributed by atoms with Gasteiger partial charge in [0.05, 0.1) is 0 Å². The smallest absolute Gasteiger partial charge is 0.457 e. The summed E-state index contributed by atoms with van der Waals surface area (Å²) in [5, 5.41) is 2.92. The van der Waals surface area contributed by atoms with E-state index in [2.05, 4.69) is 5.32 Å². The lowest BCUT2D eigenvalue weighted by Crippen LogP contribution is -2.50. The topological polar surface area (TPSA) is 21.3 Å². The highest BCUT2D eigenvalue weighted by Crippen LogP contribution is 2.51. The van der Waals surface area contributed by atoms with Gasteiger partial charge in [0.25, 0.3) is 0 Å². The van der Waals surface area contributed by atoms with Crippen molar-refractivity contribution in [1.82, 2.24) is 0 Å². The lowest BCUT2D eigenvalue weighted by molar-refractivity contribution is -0.359. The molecule has 0 bridgehead atoms. The summed E-state index contributed by atoms with van der Waals surface area (Å²) in [6, 6.07) is 15.9. The van der Waals surface area contributed by atoms with E-state index in [0.717, 1.165) is 17.2 Å². The molecule has 0 amide bonds. The minimum absolute atomic E-state index is 0.0888. The third kappa shape index (κ3) is 5.40. The number of nitrogens with one attached hydrogen (secondary N) is 1. The molecular weight excluding hydrogens is 451 g/mol. The zero-order chi connectivity index (χ0) is 24.4. The van der Waals surface area contributed by atoms with Gasteiger partial charge in [-0.2, -0.15) is 30.7 Å². The molecule has 0 saturated heterocycles. The second-order valence-electron chi connectivity index (χ2n) is 7.65. The Morgan fingerprint density at radius 1 is 0.727 bits per heavy atom. The lowest BCUT2D eigenvalue weighted by atomic mass is 9.99. The van der Waals surface area contributed by atoms with Crippen molar-refractivity contribution in [2.45, 2.75) is 38.4 Å². The van der Waals surface area contributed by atoms with Gasteiger partial charge < -0.3 is 10.1 Å². The van der Waals surface area contributed by atoms with Crippen LogP contribution < -0.4 is 10.1 Å². The quantitative estimate of drug-likeness (QED) is 0.353. The summed E-state index contributed by atoms with van der Waals surface area (Å²) in [6.07, 6.45) is -6.39. The Bertz CT molecular complexity index is 1110. The molecule has 0 spiro atoms. The molecule has 0 aliphatic rings. The fourth-order valence-corrected chi connectivity index (χ4v) is 3.24. The molecule has 2 nitrogen and oxygen atoms in total. The summed E-state index contributed by atoms with van der Waals surface area (Å²) in [6.45, 7) is 3.77. The first kappa shape index (κ1) is 24.4. The number of hydrogen-bond acceptors (Lipinski definition) is 2. The summed E-state index contributed by atoms with van der Waals surface area (Å²) < 4.78 is 97.9. The Kier molecular flexibility index (Phi) is 6.63. The first-order valence-electron chi connectivity index (χ1n) is 9.81. The van der Waals surface area contributed by atoms with Gasteiger partial charge in [0.15, 0.2) is 0 Å². The number of anilines is 1. The van der Waals surface area contributed by atoms with Crippen LogP contribution in [-0.2, 0) is 12.5 Å². The number of alkyl halides is 7. The fourth-order valence-electron chi connectivity index (χ4n) is 3.24. The fraction of sp³-hybridized carbons (Fsp3) is 0.250. The second-order valence-corrected chi connectivity index (χ2v) is 7.65. The van der Waals surface area contributed by atoms with Crippen LogP contribution in [0.5, 0.6) is 11.5 Å². The Morgan fingerprint density at radius 2 is 1.36 bits per heavy atom. The van der Waals surface area contributed by atoms with Gasteiger partial charge in [0, 0.05) is 23.9 Å². The Labute approximate surface area is 186 Å². The average molecular weight is 471 g/mol. The van der Waals surface area contributed by atoms with Gasteiger partial charge in [-0.15, -0.1) is 0 Å². The molecule has 0 radical (unpaired) electrons. The van der Waals surface area contributed by atoms with Crippen LogP contribution in [0.25, 0.3) is 0 Å². The largest absolute Gasteiger partial charge is 0.460 e. The molecule has 0 fully saturated rings. The zero-order valence-corrected chi connectivity index (χ0v) is 17.6. The second kappa shape index (κ2) is 8.96. The molecule has 0 aromatic heterocycles. The van der Waals surface area contributed by atoms with Crippen LogP contribution in [0.4, 0.5) is 36.4 Å². The predicted octanol–water partition coefficient (Wildman–Crippen LogP) is 8.00. The van der Waals surface area contributed by atoms with Crippen molar-refractivity contribution in [3.63, 3.8) is 0 Å². The molecule has 0 unspecified atom stereocenters.